The molecule has 10 heteroatoms. The Morgan fingerprint density at radius 1 is 1.10 bits per heavy atom. The molecule has 10 nitrogen and oxygen atoms in total. The number of nitriles is 1. The molecular weight excluding hydrogens is 492 g/mol. The van der Waals surface area contributed by atoms with Crippen molar-refractivity contribution in [3.63, 3.8) is 0 Å². The summed E-state index contributed by atoms with van der Waals surface area (Å²) in [4.78, 5) is 30.9. The predicted molar refractivity (Wildman–Crippen MR) is 149 cm³/mol. The zero-order valence-corrected chi connectivity index (χ0v) is 22.8. The van der Waals surface area contributed by atoms with Gasteiger partial charge in [0, 0.05) is 56.4 Å². The molecule has 39 heavy (non-hydrogen) atoms. The second-order valence-electron chi connectivity index (χ2n) is 10.9. The third kappa shape index (κ3) is 4.99. The van der Waals surface area contributed by atoms with Gasteiger partial charge in [0.25, 0.3) is 0 Å². The van der Waals surface area contributed by atoms with Crippen LogP contribution in [0.3, 0.4) is 0 Å². The minimum atomic E-state index is -0.158. The van der Waals surface area contributed by atoms with Gasteiger partial charge in [0.2, 0.25) is 5.91 Å². The molecule has 3 aliphatic rings. The van der Waals surface area contributed by atoms with Crippen molar-refractivity contribution in [2.24, 2.45) is 0 Å². The minimum Gasteiger partial charge on any atom is -0.462 e. The lowest BCUT2D eigenvalue weighted by molar-refractivity contribution is -0.131. The number of hydrogen-bond acceptors (Lipinski definition) is 8. The largest absolute Gasteiger partial charge is 0.462 e. The maximum atomic E-state index is 12.2. The van der Waals surface area contributed by atoms with Crippen LogP contribution >= 0.6 is 0 Å². The number of piperazine rings is 1. The Kier molecular flexibility index (Phi) is 7.00. The van der Waals surface area contributed by atoms with Crippen LogP contribution in [0.15, 0.2) is 36.5 Å². The average Bonchev–Trinajstić information content (AvgIpc) is 3.59. The lowest BCUT2D eigenvalue weighted by Crippen LogP contribution is -2.55. The van der Waals surface area contributed by atoms with Crippen LogP contribution in [0, 0.1) is 11.3 Å². The smallest absolute Gasteiger partial charge is 0.318 e. The first-order chi connectivity index (χ1) is 19.0. The Balaban J connectivity index is 1.32. The zero-order valence-electron chi connectivity index (χ0n) is 22.8. The van der Waals surface area contributed by atoms with E-state index in [0.29, 0.717) is 51.3 Å². The van der Waals surface area contributed by atoms with Crippen molar-refractivity contribution in [3.8, 4) is 12.1 Å². The van der Waals surface area contributed by atoms with E-state index in [-0.39, 0.29) is 11.9 Å². The molecule has 0 saturated carbocycles. The van der Waals surface area contributed by atoms with E-state index in [9.17, 15) is 10.1 Å². The highest BCUT2D eigenvalue weighted by Gasteiger charge is 2.33. The second kappa shape index (κ2) is 10.7. The summed E-state index contributed by atoms with van der Waals surface area (Å²) in [6, 6.07) is 13.5. The molecule has 0 aromatic carbocycles. The van der Waals surface area contributed by atoms with Gasteiger partial charge in [0.1, 0.15) is 18.2 Å². The number of aromatic nitrogens is 3. The van der Waals surface area contributed by atoms with Crippen molar-refractivity contribution in [1.82, 2.24) is 24.2 Å². The first-order valence-electron chi connectivity index (χ1n) is 13.9. The van der Waals surface area contributed by atoms with Crippen LogP contribution in [-0.4, -0.2) is 88.5 Å². The number of ether oxygens (including phenoxy) is 1. The van der Waals surface area contributed by atoms with Crippen LogP contribution in [0.1, 0.15) is 37.4 Å². The number of anilines is 2. The Morgan fingerprint density at radius 3 is 2.77 bits per heavy atom. The standard InChI is InChI=1S/C29H36N8O2/c1-21(38)36-17-16-35(18-23(36)10-12-30)28-25-11-15-34(27-9-3-6-22-7-5-14-37(22)27)19-26(25)31-29(32-28)39-20-24-8-4-13-33(24)2/h3,5-7,9,14,23-24H,4,8,10-11,13,15-20H2,1-2H3/t23-,24-/m0/s1. The molecule has 3 aliphatic heterocycles. The second-order valence-corrected chi connectivity index (χ2v) is 10.9. The Labute approximate surface area is 229 Å². The van der Waals surface area contributed by atoms with Crippen molar-refractivity contribution in [2.45, 2.75) is 51.2 Å². The van der Waals surface area contributed by atoms with E-state index in [1.807, 2.05) is 4.90 Å². The highest BCUT2D eigenvalue weighted by Crippen LogP contribution is 2.33. The van der Waals surface area contributed by atoms with Gasteiger partial charge in [-0.1, -0.05) is 6.07 Å². The fraction of sp³-hybridized carbons (Fsp3) is 0.517. The van der Waals surface area contributed by atoms with Gasteiger partial charge in [-0.3, -0.25) is 4.79 Å². The van der Waals surface area contributed by atoms with Crippen molar-refractivity contribution in [3.05, 3.63) is 47.8 Å². The van der Waals surface area contributed by atoms with E-state index in [4.69, 9.17) is 14.7 Å². The third-order valence-corrected chi connectivity index (χ3v) is 8.48. The number of likely N-dealkylation sites (N-methyl/N-ethyl adjacent to an activating group) is 1. The molecule has 2 atom stereocenters. The predicted octanol–water partition coefficient (Wildman–Crippen LogP) is 2.72. The number of amides is 1. The summed E-state index contributed by atoms with van der Waals surface area (Å²) < 4.78 is 8.48. The highest BCUT2D eigenvalue weighted by molar-refractivity contribution is 5.74. The molecule has 6 heterocycles. The lowest BCUT2D eigenvalue weighted by Gasteiger charge is -2.42. The van der Waals surface area contributed by atoms with E-state index >= 15 is 0 Å². The SMILES string of the molecule is CC(=O)N1CCN(c2nc(OC[C@@H]3CCCN3C)nc3c2CCN(c2cccc4cccn24)C3)C[C@@H]1CC#N. The maximum absolute atomic E-state index is 12.2. The van der Waals surface area contributed by atoms with Gasteiger partial charge in [0.15, 0.2) is 0 Å². The summed E-state index contributed by atoms with van der Waals surface area (Å²) in [5.41, 5.74) is 3.29. The number of pyridine rings is 1. The quantitative estimate of drug-likeness (QED) is 0.482. The molecule has 0 aliphatic carbocycles. The maximum Gasteiger partial charge on any atom is 0.318 e. The van der Waals surface area contributed by atoms with Crippen LogP contribution in [0.5, 0.6) is 6.01 Å². The fourth-order valence-corrected chi connectivity index (χ4v) is 6.32. The van der Waals surface area contributed by atoms with Crippen LogP contribution in [0.2, 0.25) is 0 Å². The van der Waals surface area contributed by atoms with Gasteiger partial charge >= 0.3 is 6.01 Å². The zero-order chi connectivity index (χ0) is 26.9. The molecule has 0 radical (unpaired) electrons. The van der Waals surface area contributed by atoms with Gasteiger partial charge in [-0.05, 0) is 57.1 Å². The van der Waals surface area contributed by atoms with E-state index in [1.165, 1.54) is 11.9 Å². The molecule has 3 aromatic heterocycles. The van der Waals surface area contributed by atoms with E-state index < -0.39 is 0 Å². The number of carbonyl (C=O) groups is 1. The molecule has 0 N–H and O–H groups in total. The summed E-state index contributed by atoms with van der Waals surface area (Å²) in [6.45, 7) is 6.57. The molecule has 204 valence electrons. The van der Waals surface area contributed by atoms with Crippen LogP contribution in [0.25, 0.3) is 5.52 Å². The first-order valence-corrected chi connectivity index (χ1v) is 13.9. The lowest BCUT2D eigenvalue weighted by atomic mass is 10.0. The van der Waals surface area contributed by atoms with Crippen LogP contribution < -0.4 is 14.5 Å². The van der Waals surface area contributed by atoms with Gasteiger partial charge in [-0.15, -0.1) is 0 Å². The summed E-state index contributed by atoms with van der Waals surface area (Å²) >= 11 is 0. The minimum absolute atomic E-state index is 0.0131. The van der Waals surface area contributed by atoms with Crippen molar-refractivity contribution < 1.29 is 9.53 Å². The summed E-state index contributed by atoms with van der Waals surface area (Å²) in [6.07, 6.45) is 5.51. The van der Waals surface area contributed by atoms with Gasteiger partial charge < -0.3 is 28.7 Å². The van der Waals surface area contributed by atoms with Crippen LogP contribution in [-0.2, 0) is 17.8 Å². The molecule has 0 spiro atoms. The molecule has 2 saturated heterocycles. The summed E-state index contributed by atoms with van der Waals surface area (Å²) in [7, 11) is 2.14. The molecule has 0 bridgehead atoms. The van der Waals surface area contributed by atoms with E-state index in [2.05, 4.69) is 68.7 Å². The number of nitrogens with zero attached hydrogens (tertiary/aromatic N) is 8. The number of fused-ring (bicyclic) bond motifs is 2. The normalized spacial score (nSPS) is 21.7. The molecule has 2 fully saturated rings. The van der Waals surface area contributed by atoms with Crippen molar-refractivity contribution >= 4 is 23.1 Å². The summed E-state index contributed by atoms with van der Waals surface area (Å²) in [5, 5.41) is 9.44. The number of likely N-dealkylation sites (tertiary alicyclic amines) is 1. The van der Waals surface area contributed by atoms with Crippen LogP contribution in [0.4, 0.5) is 11.6 Å². The topological polar surface area (TPSA) is 93.2 Å². The summed E-state index contributed by atoms with van der Waals surface area (Å²) in [5.74, 6) is 2.04. The first kappa shape index (κ1) is 25.4. The number of rotatable bonds is 6. The Bertz CT molecular complexity index is 1400. The molecule has 6 rings (SSSR count). The van der Waals surface area contributed by atoms with Gasteiger partial charge in [-0.25, -0.2) is 0 Å². The average molecular weight is 529 g/mol. The van der Waals surface area contributed by atoms with Gasteiger partial charge in [-0.2, -0.15) is 15.2 Å². The Morgan fingerprint density at radius 2 is 1.97 bits per heavy atom. The molecule has 1 amide bonds. The van der Waals surface area contributed by atoms with E-state index in [1.54, 1.807) is 6.92 Å². The monoisotopic (exact) mass is 528 g/mol. The molecule has 3 aromatic rings. The number of carbonyl (C=O) groups excluding carboxylic acids is 1. The van der Waals surface area contributed by atoms with Gasteiger partial charge in [0.05, 0.1) is 30.8 Å². The molecule has 0 unspecified atom stereocenters. The van der Waals surface area contributed by atoms with E-state index in [0.717, 1.165) is 48.8 Å². The molecular formula is C29H36N8O2. The third-order valence-electron chi connectivity index (χ3n) is 8.48. The van der Waals surface area contributed by atoms with Crippen molar-refractivity contribution in [2.75, 3.05) is 56.2 Å². The number of hydrogen-bond donors (Lipinski definition) is 0. The fourth-order valence-electron chi connectivity index (χ4n) is 6.32. The Hall–Kier alpha value is -3.84. The van der Waals surface area contributed by atoms with Crippen molar-refractivity contribution in [1.29, 1.82) is 5.26 Å². The highest BCUT2D eigenvalue weighted by atomic mass is 16.5.